The van der Waals surface area contributed by atoms with E-state index in [1.807, 2.05) is 0 Å². The molecule has 0 amide bonds. The van der Waals surface area contributed by atoms with Crippen LogP contribution in [0.5, 0.6) is 0 Å². The van der Waals surface area contributed by atoms with Gasteiger partial charge in [0.2, 0.25) is 0 Å². The molecule has 76 valence electrons. The standard InChI is InChI=1S/C12H18N2/c1-2-5-10(4-1)12-11-6-3-8-14(11)9-7-13-12/h3,6,8,10,12-13H,1-2,4-5,7,9H2. The number of rotatable bonds is 1. The Hall–Kier alpha value is -0.760. The third kappa shape index (κ3) is 1.29. The second-order valence-electron chi connectivity index (χ2n) is 4.60. The molecule has 3 rings (SSSR count). The van der Waals surface area contributed by atoms with Crippen molar-refractivity contribution in [3.05, 3.63) is 24.0 Å². The quantitative estimate of drug-likeness (QED) is 0.719. The van der Waals surface area contributed by atoms with E-state index in [4.69, 9.17) is 0 Å². The van der Waals surface area contributed by atoms with Gasteiger partial charge in [0.25, 0.3) is 0 Å². The van der Waals surface area contributed by atoms with Crippen LogP contribution in [0.1, 0.15) is 37.4 Å². The first kappa shape index (κ1) is 8.54. The Morgan fingerprint density at radius 3 is 3.00 bits per heavy atom. The van der Waals surface area contributed by atoms with Crippen LogP contribution in [0.4, 0.5) is 0 Å². The molecular formula is C12H18N2. The van der Waals surface area contributed by atoms with Gasteiger partial charge in [-0.1, -0.05) is 12.8 Å². The molecular weight excluding hydrogens is 172 g/mol. The minimum Gasteiger partial charge on any atom is -0.349 e. The van der Waals surface area contributed by atoms with Gasteiger partial charge < -0.3 is 9.88 Å². The van der Waals surface area contributed by atoms with E-state index in [0.29, 0.717) is 6.04 Å². The predicted molar refractivity (Wildman–Crippen MR) is 57.1 cm³/mol. The fraction of sp³-hybridized carbons (Fsp3) is 0.667. The number of fused-ring (bicyclic) bond motifs is 1. The Balaban J connectivity index is 1.88. The molecule has 1 aliphatic carbocycles. The summed E-state index contributed by atoms with van der Waals surface area (Å²) >= 11 is 0. The maximum absolute atomic E-state index is 3.68. The molecule has 1 atom stereocenters. The molecule has 2 nitrogen and oxygen atoms in total. The number of nitrogens with one attached hydrogen (secondary N) is 1. The van der Waals surface area contributed by atoms with Crippen LogP contribution < -0.4 is 5.32 Å². The monoisotopic (exact) mass is 190 g/mol. The molecule has 0 bridgehead atoms. The van der Waals surface area contributed by atoms with Gasteiger partial charge in [-0.2, -0.15) is 0 Å². The summed E-state index contributed by atoms with van der Waals surface area (Å²) < 4.78 is 2.42. The van der Waals surface area contributed by atoms with Crippen LogP contribution in [0.3, 0.4) is 0 Å². The van der Waals surface area contributed by atoms with E-state index < -0.39 is 0 Å². The molecule has 1 saturated carbocycles. The summed E-state index contributed by atoms with van der Waals surface area (Å²) in [5.74, 6) is 0.893. The molecule has 1 aromatic heterocycles. The van der Waals surface area contributed by atoms with Crippen molar-refractivity contribution >= 4 is 0 Å². The summed E-state index contributed by atoms with van der Waals surface area (Å²) in [5, 5.41) is 3.68. The molecule has 14 heavy (non-hydrogen) atoms. The van der Waals surface area contributed by atoms with Crippen molar-refractivity contribution in [3.63, 3.8) is 0 Å². The van der Waals surface area contributed by atoms with Gasteiger partial charge in [-0.3, -0.25) is 0 Å². The van der Waals surface area contributed by atoms with E-state index in [9.17, 15) is 0 Å². The highest BCUT2D eigenvalue weighted by Crippen LogP contribution is 2.36. The molecule has 0 aromatic carbocycles. The van der Waals surface area contributed by atoms with Crippen LogP contribution in [-0.4, -0.2) is 11.1 Å². The lowest BCUT2D eigenvalue weighted by Gasteiger charge is -2.30. The summed E-state index contributed by atoms with van der Waals surface area (Å²) in [6.45, 7) is 2.29. The van der Waals surface area contributed by atoms with Crippen molar-refractivity contribution < 1.29 is 0 Å². The van der Waals surface area contributed by atoms with Crippen LogP contribution in [0, 0.1) is 5.92 Å². The van der Waals surface area contributed by atoms with Crippen LogP contribution in [0.2, 0.25) is 0 Å². The molecule has 1 N–H and O–H groups in total. The Morgan fingerprint density at radius 1 is 1.29 bits per heavy atom. The lowest BCUT2D eigenvalue weighted by molar-refractivity contribution is 0.317. The molecule has 1 fully saturated rings. The van der Waals surface area contributed by atoms with Crippen LogP contribution >= 0.6 is 0 Å². The predicted octanol–water partition coefficient (Wildman–Crippen LogP) is 2.32. The zero-order chi connectivity index (χ0) is 9.38. The molecule has 1 aliphatic heterocycles. The van der Waals surface area contributed by atoms with Gasteiger partial charge in [0, 0.05) is 25.0 Å². The van der Waals surface area contributed by atoms with Crippen LogP contribution in [0.15, 0.2) is 18.3 Å². The summed E-state index contributed by atoms with van der Waals surface area (Å²) in [7, 11) is 0. The third-order valence-electron chi connectivity index (χ3n) is 3.77. The van der Waals surface area contributed by atoms with E-state index in [-0.39, 0.29) is 0 Å². The van der Waals surface area contributed by atoms with E-state index in [0.717, 1.165) is 19.0 Å². The smallest absolute Gasteiger partial charge is 0.0504 e. The van der Waals surface area contributed by atoms with Crippen molar-refractivity contribution in [2.45, 2.75) is 38.3 Å². The van der Waals surface area contributed by atoms with Gasteiger partial charge in [0.1, 0.15) is 0 Å². The number of nitrogens with zero attached hydrogens (tertiary/aromatic N) is 1. The Kier molecular flexibility index (Phi) is 2.09. The highest BCUT2D eigenvalue weighted by Gasteiger charge is 2.29. The lowest BCUT2D eigenvalue weighted by atomic mass is 9.94. The molecule has 2 heteroatoms. The van der Waals surface area contributed by atoms with Gasteiger partial charge in [-0.25, -0.2) is 0 Å². The van der Waals surface area contributed by atoms with Crippen molar-refractivity contribution in [1.29, 1.82) is 0 Å². The number of hydrogen-bond acceptors (Lipinski definition) is 1. The van der Waals surface area contributed by atoms with E-state index >= 15 is 0 Å². The van der Waals surface area contributed by atoms with Crippen molar-refractivity contribution in [2.24, 2.45) is 5.92 Å². The van der Waals surface area contributed by atoms with Gasteiger partial charge in [-0.15, -0.1) is 0 Å². The van der Waals surface area contributed by atoms with Gasteiger partial charge in [-0.05, 0) is 30.9 Å². The topological polar surface area (TPSA) is 17.0 Å². The average molecular weight is 190 g/mol. The molecule has 0 radical (unpaired) electrons. The summed E-state index contributed by atoms with van der Waals surface area (Å²) in [6.07, 6.45) is 7.93. The molecule has 0 saturated heterocycles. The zero-order valence-corrected chi connectivity index (χ0v) is 8.58. The fourth-order valence-electron chi connectivity index (χ4n) is 3.06. The average Bonchev–Trinajstić information content (AvgIpc) is 2.88. The largest absolute Gasteiger partial charge is 0.349 e. The van der Waals surface area contributed by atoms with E-state index in [1.165, 1.54) is 31.4 Å². The first-order chi connectivity index (χ1) is 6.95. The first-order valence-corrected chi connectivity index (χ1v) is 5.83. The highest BCUT2D eigenvalue weighted by molar-refractivity contribution is 5.15. The third-order valence-corrected chi connectivity index (χ3v) is 3.77. The normalized spacial score (nSPS) is 27.9. The minimum atomic E-state index is 0.640. The Morgan fingerprint density at radius 2 is 2.14 bits per heavy atom. The SMILES string of the molecule is c1cc2n(c1)CCNC2C1CCCC1. The van der Waals surface area contributed by atoms with E-state index in [2.05, 4.69) is 28.2 Å². The lowest BCUT2D eigenvalue weighted by Crippen LogP contribution is -2.36. The van der Waals surface area contributed by atoms with Gasteiger partial charge in [0.15, 0.2) is 0 Å². The van der Waals surface area contributed by atoms with Crippen molar-refractivity contribution in [2.75, 3.05) is 6.54 Å². The Labute approximate surface area is 85.3 Å². The highest BCUT2D eigenvalue weighted by atomic mass is 15.1. The second kappa shape index (κ2) is 3.43. The maximum atomic E-state index is 3.68. The molecule has 2 heterocycles. The second-order valence-corrected chi connectivity index (χ2v) is 4.60. The molecule has 1 aromatic rings. The molecule has 2 aliphatic rings. The fourth-order valence-corrected chi connectivity index (χ4v) is 3.06. The van der Waals surface area contributed by atoms with E-state index in [1.54, 1.807) is 0 Å². The minimum absolute atomic E-state index is 0.640. The Bertz CT molecular complexity index is 310. The van der Waals surface area contributed by atoms with Crippen LogP contribution in [0.25, 0.3) is 0 Å². The van der Waals surface area contributed by atoms with Crippen molar-refractivity contribution in [1.82, 2.24) is 9.88 Å². The van der Waals surface area contributed by atoms with Gasteiger partial charge >= 0.3 is 0 Å². The summed E-state index contributed by atoms with van der Waals surface area (Å²) in [4.78, 5) is 0. The zero-order valence-electron chi connectivity index (χ0n) is 8.58. The van der Waals surface area contributed by atoms with Crippen LogP contribution in [-0.2, 0) is 6.54 Å². The van der Waals surface area contributed by atoms with Crippen molar-refractivity contribution in [3.8, 4) is 0 Å². The molecule has 1 unspecified atom stereocenters. The molecule has 0 spiro atoms. The first-order valence-electron chi connectivity index (χ1n) is 5.83. The number of hydrogen-bond donors (Lipinski definition) is 1. The maximum Gasteiger partial charge on any atom is 0.0504 e. The summed E-state index contributed by atoms with van der Waals surface area (Å²) in [6, 6.07) is 5.11. The summed E-state index contributed by atoms with van der Waals surface area (Å²) in [5.41, 5.74) is 1.52. The van der Waals surface area contributed by atoms with Gasteiger partial charge in [0.05, 0.1) is 6.04 Å². The number of aromatic nitrogens is 1.